The molecule has 1 aromatic heterocycles. The average molecular weight is 420 g/mol. The predicted molar refractivity (Wildman–Crippen MR) is 117 cm³/mol. The number of hydrogen-bond acceptors (Lipinski definition) is 6. The topological polar surface area (TPSA) is 89.3 Å². The smallest absolute Gasteiger partial charge is 0.343 e. The number of rotatable bonds is 5. The minimum atomic E-state index is -0.613. The van der Waals surface area contributed by atoms with Gasteiger partial charge in [-0.05, 0) is 48.5 Å². The van der Waals surface area contributed by atoms with Crippen LogP contribution in [0.1, 0.15) is 26.3 Å². The van der Waals surface area contributed by atoms with Crippen molar-refractivity contribution in [2.75, 3.05) is 0 Å². The summed E-state index contributed by atoms with van der Waals surface area (Å²) in [6.45, 7) is 0. The second kappa shape index (κ2) is 9.37. The summed E-state index contributed by atoms with van der Waals surface area (Å²) in [5.41, 5.74) is 1.55. The van der Waals surface area contributed by atoms with Gasteiger partial charge in [-0.3, -0.25) is 4.98 Å². The van der Waals surface area contributed by atoms with Crippen molar-refractivity contribution in [3.05, 3.63) is 114 Å². The fraction of sp³-hybridized carbons (Fsp3) is 0. The summed E-state index contributed by atoms with van der Waals surface area (Å²) in [4.78, 5) is 29.8. The summed E-state index contributed by atoms with van der Waals surface area (Å²) in [6.07, 6.45) is 1.57. The van der Waals surface area contributed by atoms with Crippen molar-refractivity contribution < 1.29 is 19.1 Å². The Balaban J connectivity index is 1.81. The number of esters is 2. The minimum absolute atomic E-state index is 0.0625. The number of ether oxygens (including phenoxy) is 2. The van der Waals surface area contributed by atoms with E-state index in [2.05, 4.69) is 4.98 Å². The fourth-order valence-corrected chi connectivity index (χ4v) is 3.04. The highest BCUT2D eigenvalue weighted by molar-refractivity contribution is 5.94. The van der Waals surface area contributed by atoms with Gasteiger partial charge in [-0.25, -0.2) is 9.59 Å². The lowest BCUT2D eigenvalue weighted by Crippen LogP contribution is -2.12. The maximum Gasteiger partial charge on any atom is 0.343 e. The van der Waals surface area contributed by atoms with Crippen molar-refractivity contribution in [2.45, 2.75) is 0 Å². The Morgan fingerprint density at radius 3 is 1.66 bits per heavy atom. The molecule has 3 aromatic carbocycles. The van der Waals surface area contributed by atoms with Crippen molar-refractivity contribution in [2.24, 2.45) is 0 Å². The zero-order valence-corrected chi connectivity index (χ0v) is 16.8. The van der Waals surface area contributed by atoms with Gasteiger partial charge >= 0.3 is 11.9 Å². The highest BCUT2D eigenvalue weighted by Crippen LogP contribution is 2.39. The van der Waals surface area contributed by atoms with Gasteiger partial charge in [0.15, 0.2) is 0 Å². The number of carbonyl (C=O) groups is 2. The fourth-order valence-electron chi connectivity index (χ4n) is 3.04. The molecule has 4 aromatic rings. The molecule has 0 bridgehead atoms. The molecule has 6 nitrogen and oxygen atoms in total. The van der Waals surface area contributed by atoms with Crippen LogP contribution in [0.15, 0.2) is 97.2 Å². The average Bonchev–Trinajstić information content (AvgIpc) is 2.85. The van der Waals surface area contributed by atoms with Gasteiger partial charge < -0.3 is 9.47 Å². The Morgan fingerprint density at radius 2 is 1.22 bits per heavy atom. The molecule has 0 saturated heterocycles. The second-order valence-electron chi connectivity index (χ2n) is 6.69. The Labute approximate surface area is 184 Å². The van der Waals surface area contributed by atoms with E-state index in [4.69, 9.17) is 9.47 Å². The molecule has 32 heavy (non-hydrogen) atoms. The maximum atomic E-state index is 12.7. The van der Waals surface area contributed by atoms with Crippen LogP contribution in [0.5, 0.6) is 11.5 Å². The molecule has 6 heteroatoms. The second-order valence-corrected chi connectivity index (χ2v) is 6.69. The largest absolute Gasteiger partial charge is 0.422 e. The van der Waals surface area contributed by atoms with Crippen LogP contribution in [-0.4, -0.2) is 16.9 Å². The summed E-state index contributed by atoms with van der Waals surface area (Å²) in [5, 5.41) is 9.50. The molecule has 154 valence electrons. The zero-order valence-electron chi connectivity index (χ0n) is 16.8. The Hall–Kier alpha value is -4.76. The molecule has 4 rings (SSSR count). The lowest BCUT2D eigenvalue weighted by Gasteiger charge is -2.15. The van der Waals surface area contributed by atoms with E-state index in [1.54, 1.807) is 85.1 Å². The van der Waals surface area contributed by atoms with Crippen LogP contribution >= 0.6 is 0 Å². The number of carbonyl (C=O) groups excluding carboxylic acids is 2. The van der Waals surface area contributed by atoms with Crippen LogP contribution in [0.4, 0.5) is 0 Å². The van der Waals surface area contributed by atoms with Crippen LogP contribution in [0.25, 0.3) is 11.3 Å². The highest BCUT2D eigenvalue weighted by atomic mass is 16.5. The third-order valence-corrected chi connectivity index (χ3v) is 4.54. The van der Waals surface area contributed by atoms with Gasteiger partial charge in [-0.2, -0.15) is 5.26 Å². The van der Waals surface area contributed by atoms with Crippen molar-refractivity contribution in [1.82, 2.24) is 4.98 Å². The van der Waals surface area contributed by atoms with Gasteiger partial charge in [0, 0.05) is 6.20 Å². The molecular weight excluding hydrogens is 404 g/mol. The van der Waals surface area contributed by atoms with Crippen LogP contribution in [0.2, 0.25) is 0 Å². The van der Waals surface area contributed by atoms with E-state index in [9.17, 15) is 14.9 Å². The van der Waals surface area contributed by atoms with Crippen LogP contribution in [0.3, 0.4) is 0 Å². The summed E-state index contributed by atoms with van der Waals surface area (Å²) < 4.78 is 11.3. The highest BCUT2D eigenvalue weighted by Gasteiger charge is 2.22. The molecule has 0 aliphatic rings. The molecule has 0 N–H and O–H groups in total. The van der Waals surface area contributed by atoms with E-state index in [0.717, 1.165) is 0 Å². The first-order valence-electron chi connectivity index (χ1n) is 9.69. The van der Waals surface area contributed by atoms with Crippen molar-refractivity contribution in [1.29, 1.82) is 5.26 Å². The molecule has 0 fully saturated rings. The summed E-state index contributed by atoms with van der Waals surface area (Å²) in [7, 11) is 0. The Kier molecular flexibility index (Phi) is 6.01. The molecule has 1 heterocycles. The van der Waals surface area contributed by atoms with Gasteiger partial charge in [0.1, 0.15) is 11.5 Å². The lowest BCUT2D eigenvalue weighted by atomic mass is 10.0. The molecule has 0 atom stereocenters. The zero-order chi connectivity index (χ0) is 22.3. The number of pyridine rings is 1. The number of hydrogen-bond donors (Lipinski definition) is 0. The summed E-state index contributed by atoms with van der Waals surface area (Å²) in [5.74, 6) is -1.10. The van der Waals surface area contributed by atoms with Gasteiger partial charge in [-0.1, -0.05) is 42.5 Å². The van der Waals surface area contributed by atoms with Gasteiger partial charge in [-0.15, -0.1) is 0 Å². The number of aromatic nitrogens is 1. The molecular formula is C26H16N2O4. The monoisotopic (exact) mass is 420 g/mol. The first-order valence-corrected chi connectivity index (χ1v) is 9.69. The Bertz CT molecular complexity index is 1220. The SMILES string of the molecule is N#Cc1cc(OC(=O)c2ccccc2)c(-c2ccccn2)c(OC(=O)c2ccccc2)c1. The van der Waals surface area contributed by atoms with E-state index in [1.165, 1.54) is 12.1 Å². The molecule has 0 aliphatic carbocycles. The molecule has 0 saturated carbocycles. The standard InChI is InChI=1S/C26H16N2O4/c27-17-18-15-22(31-25(29)19-9-3-1-4-10-19)24(21-13-7-8-14-28-21)23(16-18)32-26(30)20-11-5-2-6-12-20/h1-16H. The van der Waals surface area contributed by atoms with E-state index in [0.29, 0.717) is 16.8 Å². The van der Waals surface area contributed by atoms with Crippen molar-refractivity contribution in [3.8, 4) is 28.8 Å². The van der Waals surface area contributed by atoms with E-state index < -0.39 is 11.9 Å². The quantitative estimate of drug-likeness (QED) is 0.331. The van der Waals surface area contributed by atoms with Gasteiger partial charge in [0.05, 0.1) is 34.0 Å². The first-order chi connectivity index (χ1) is 15.7. The van der Waals surface area contributed by atoms with E-state index in [-0.39, 0.29) is 22.6 Å². The molecule has 0 aliphatic heterocycles. The maximum absolute atomic E-state index is 12.7. The lowest BCUT2D eigenvalue weighted by molar-refractivity contribution is 0.0734. The summed E-state index contributed by atoms with van der Waals surface area (Å²) >= 11 is 0. The van der Waals surface area contributed by atoms with Crippen LogP contribution < -0.4 is 9.47 Å². The number of nitriles is 1. The van der Waals surface area contributed by atoms with Crippen molar-refractivity contribution in [3.63, 3.8) is 0 Å². The van der Waals surface area contributed by atoms with Gasteiger partial charge in [0.2, 0.25) is 0 Å². The first kappa shape index (κ1) is 20.5. The molecule has 0 radical (unpaired) electrons. The normalized spacial score (nSPS) is 10.1. The minimum Gasteiger partial charge on any atom is -0.422 e. The third kappa shape index (κ3) is 4.53. The predicted octanol–water partition coefficient (Wildman–Crippen LogP) is 5.06. The molecule has 0 unspecified atom stereocenters. The van der Waals surface area contributed by atoms with E-state index in [1.807, 2.05) is 6.07 Å². The van der Waals surface area contributed by atoms with Crippen LogP contribution in [0, 0.1) is 11.3 Å². The van der Waals surface area contributed by atoms with Crippen molar-refractivity contribution >= 4 is 11.9 Å². The molecule has 0 amide bonds. The molecule has 0 spiro atoms. The number of benzene rings is 3. The third-order valence-electron chi connectivity index (χ3n) is 4.54. The van der Waals surface area contributed by atoms with Gasteiger partial charge in [0.25, 0.3) is 0 Å². The number of nitrogens with zero attached hydrogens (tertiary/aromatic N) is 2. The van der Waals surface area contributed by atoms with E-state index >= 15 is 0 Å². The summed E-state index contributed by atoms with van der Waals surface area (Å²) in [6, 6.07) is 27.0. The van der Waals surface area contributed by atoms with Crippen LogP contribution in [-0.2, 0) is 0 Å². The Morgan fingerprint density at radius 1 is 0.719 bits per heavy atom.